The first-order chi connectivity index (χ1) is 16.1. The lowest BCUT2D eigenvalue weighted by Crippen LogP contribution is -2.41. The minimum Gasteiger partial charge on any atom is -0.465 e. The zero-order valence-corrected chi connectivity index (χ0v) is 18.9. The highest BCUT2D eigenvalue weighted by molar-refractivity contribution is 7.89. The highest BCUT2D eigenvalue weighted by atomic mass is 32.2. The molecule has 1 heterocycles. The van der Waals surface area contributed by atoms with E-state index in [-0.39, 0.29) is 42.1 Å². The Morgan fingerprint density at radius 3 is 2.38 bits per heavy atom. The maximum absolute atomic E-state index is 13.2. The lowest BCUT2D eigenvalue weighted by Gasteiger charge is -2.30. The van der Waals surface area contributed by atoms with Crippen LogP contribution in [-0.2, 0) is 29.1 Å². The molecule has 1 aliphatic heterocycles. The number of carbonyl (C=O) groups excluding carboxylic acids is 3. The average Bonchev–Trinajstić information content (AvgIpc) is 2.84. The van der Waals surface area contributed by atoms with Crippen molar-refractivity contribution in [2.45, 2.75) is 17.7 Å². The number of ether oxygens (including phenoxy) is 2. The molecule has 0 unspecified atom stereocenters. The van der Waals surface area contributed by atoms with Crippen molar-refractivity contribution in [3.05, 3.63) is 59.7 Å². The Kier molecular flexibility index (Phi) is 7.94. The van der Waals surface area contributed by atoms with Crippen LogP contribution >= 0.6 is 0 Å². The number of nitrogens with one attached hydrogen (secondary N) is 1. The van der Waals surface area contributed by atoms with E-state index in [0.29, 0.717) is 0 Å². The average molecular weight is 496 g/mol. The lowest BCUT2D eigenvalue weighted by molar-refractivity contribution is -0.152. The fourth-order valence-electron chi connectivity index (χ4n) is 3.47. The van der Waals surface area contributed by atoms with Crippen molar-refractivity contribution in [2.75, 3.05) is 32.1 Å². The summed E-state index contributed by atoms with van der Waals surface area (Å²) >= 11 is 0. The number of hydrogen-bond acceptors (Lipinski definition) is 7. The first-order valence-electron chi connectivity index (χ1n) is 10.2. The lowest BCUT2D eigenvalue weighted by atomic mass is 9.98. The third-order valence-corrected chi connectivity index (χ3v) is 7.20. The number of hydrogen-bond donors (Lipinski definition) is 1. The van der Waals surface area contributed by atoms with Crippen LogP contribution < -0.4 is 5.32 Å². The van der Waals surface area contributed by atoms with E-state index < -0.39 is 52.0 Å². The number of nitrogens with zero attached hydrogens (tertiary/aromatic N) is 1. The monoisotopic (exact) mass is 496 g/mol. The second-order valence-electron chi connectivity index (χ2n) is 7.45. The number of sulfonamides is 1. The molecule has 1 aliphatic rings. The highest BCUT2D eigenvalue weighted by Gasteiger charge is 2.35. The third-order valence-electron chi connectivity index (χ3n) is 5.25. The molecule has 1 saturated heterocycles. The van der Waals surface area contributed by atoms with Crippen LogP contribution in [0.4, 0.5) is 14.5 Å². The van der Waals surface area contributed by atoms with Gasteiger partial charge in [0.1, 0.15) is 0 Å². The Hall–Kier alpha value is -3.38. The predicted molar refractivity (Wildman–Crippen MR) is 115 cm³/mol. The fourth-order valence-corrected chi connectivity index (χ4v) is 5.12. The fraction of sp³-hybridized carbons (Fsp3) is 0.318. The van der Waals surface area contributed by atoms with E-state index in [2.05, 4.69) is 10.1 Å². The molecule has 182 valence electrons. The maximum atomic E-state index is 13.2. The summed E-state index contributed by atoms with van der Waals surface area (Å²) in [7, 11) is -2.85. The predicted octanol–water partition coefficient (Wildman–Crippen LogP) is 2.33. The molecule has 0 saturated carbocycles. The van der Waals surface area contributed by atoms with E-state index in [0.717, 1.165) is 25.3 Å². The number of rotatable bonds is 7. The van der Waals surface area contributed by atoms with Crippen LogP contribution in [0.25, 0.3) is 0 Å². The molecule has 0 bridgehead atoms. The summed E-state index contributed by atoms with van der Waals surface area (Å²) in [5.74, 6) is -5.01. The van der Waals surface area contributed by atoms with Gasteiger partial charge >= 0.3 is 11.9 Å². The second-order valence-corrected chi connectivity index (χ2v) is 9.36. The van der Waals surface area contributed by atoms with Gasteiger partial charge in [0.2, 0.25) is 10.0 Å². The van der Waals surface area contributed by atoms with Crippen LogP contribution in [0.3, 0.4) is 0 Å². The van der Waals surface area contributed by atoms with Gasteiger partial charge in [-0.25, -0.2) is 22.0 Å². The first kappa shape index (κ1) is 25.2. The summed E-state index contributed by atoms with van der Waals surface area (Å²) in [4.78, 5) is 36.0. The molecule has 9 nitrogen and oxygen atoms in total. The van der Waals surface area contributed by atoms with Gasteiger partial charge in [-0.2, -0.15) is 4.31 Å². The van der Waals surface area contributed by atoms with Gasteiger partial charge in [0.25, 0.3) is 5.91 Å². The molecule has 34 heavy (non-hydrogen) atoms. The largest absolute Gasteiger partial charge is 0.465 e. The Labute approximate surface area is 194 Å². The third kappa shape index (κ3) is 5.75. The number of benzene rings is 2. The number of piperidine rings is 1. The molecule has 0 aromatic heterocycles. The van der Waals surface area contributed by atoms with Crippen LogP contribution in [0.5, 0.6) is 0 Å². The van der Waals surface area contributed by atoms with Gasteiger partial charge in [-0.15, -0.1) is 0 Å². The minimum absolute atomic E-state index is 0.00528. The number of anilines is 1. The molecule has 0 aliphatic carbocycles. The van der Waals surface area contributed by atoms with E-state index in [9.17, 15) is 31.6 Å². The van der Waals surface area contributed by atoms with E-state index in [4.69, 9.17) is 4.74 Å². The minimum atomic E-state index is -4.00. The van der Waals surface area contributed by atoms with E-state index in [1.165, 1.54) is 28.6 Å². The van der Waals surface area contributed by atoms with Gasteiger partial charge in [0, 0.05) is 24.8 Å². The van der Waals surface area contributed by atoms with Crippen LogP contribution in [0.15, 0.2) is 47.4 Å². The Balaban J connectivity index is 1.54. The van der Waals surface area contributed by atoms with E-state index >= 15 is 0 Å². The molecular weight excluding hydrogens is 474 g/mol. The molecule has 1 amide bonds. The van der Waals surface area contributed by atoms with Crippen LogP contribution in [0, 0.1) is 17.6 Å². The van der Waals surface area contributed by atoms with Crippen molar-refractivity contribution in [2.24, 2.45) is 5.92 Å². The normalized spacial score (nSPS) is 14.9. The van der Waals surface area contributed by atoms with Gasteiger partial charge < -0.3 is 14.8 Å². The summed E-state index contributed by atoms with van der Waals surface area (Å²) < 4.78 is 63.0. The summed E-state index contributed by atoms with van der Waals surface area (Å²) in [6.07, 6.45) is 0.312. The van der Waals surface area contributed by atoms with Crippen molar-refractivity contribution < 1.29 is 41.1 Å². The maximum Gasteiger partial charge on any atom is 0.339 e. The van der Waals surface area contributed by atoms with Crippen LogP contribution in [0.1, 0.15) is 23.2 Å². The molecule has 2 aromatic rings. The van der Waals surface area contributed by atoms with Crippen molar-refractivity contribution in [1.29, 1.82) is 0 Å². The van der Waals surface area contributed by atoms with Crippen molar-refractivity contribution >= 4 is 33.6 Å². The molecular formula is C22H22F2N2O7S. The molecule has 1 N–H and O–H groups in total. The van der Waals surface area contributed by atoms with Crippen molar-refractivity contribution in [3.63, 3.8) is 0 Å². The molecule has 0 atom stereocenters. The molecule has 3 rings (SSSR count). The molecule has 12 heteroatoms. The zero-order valence-electron chi connectivity index (χ0n) is 18.1. The smallest absolute Gasteiger partial charge is 0.339 e. The van der Waals surface area contributed by atoms with Crippen molar-refractivity contribution in [3.8, 4) is 0 Å². The number of carbonyl (C=O) groups is 3. The highest BCUT2D eigenvalue weighted by Crippen LogP contribution is 2.27. The Morgan fingerprint density at radius 1 is 1.06 bits per heavy atom. The van der Waals surface area contributed by atoms with Gasteiger partial charge in [0.15, 0.2) is 18.2 Å². The molecule has 1 fully saturated rings. The quantitative estimate of drug-likeness (QED) is 0.585. The summed E-state index contributed by atoms with van der Waals surface area (Å²) in [5.41, 5.74) is -0.0794. The SMILES string of the molecule is COC(=O)c1ccccc1S(=O)(=O)N1CCC(C(=O)OCC(=O)Nc2ccc(F)c(F)c2)CC1. The second kappa shape index (κ2) is 10.7. The molecule has 0 radical (unpaired) electrons. The van der Waals surface area contributed by atoms with Gasteiger partial charge in [-0.05, 0) is 37.1 Å². The van der Waals surface area contributed by atoms with Gasteiger partial charge in [0.05, 0.1) is 23.5 Å². The number of methoxy groups -OCH3 is 1. The molecule has 0 spiro atoms. The number of halogens is 2. The summed E-state index contributed by atoms with van der Waals surface area (Å²) in [6, 6.07) is 8.49. The van der Waals surface area contributed by atoms with Crippen LogP contribution in [0.2, 0.25) is 0 Å². The Bertz CT molecular complexity index is 1200. The number of esters is 2. The first-order valence-corrected chi connectivity index (χ1v) is 11.7. The summed E-state index contributed by atoms with van der Waals surface area (Å²) in [5, 5.41) is 2.28. The topological polar surface area (TPSA) is 119 Å². The van der Waals surface area contributed by atoms with Crippen molar-refractivity contribution in [1.82, 2.24) is 4.31 Å². The van der Waals surface area contributed by atoms with E-state index in [1.54, 1.807) is 0 Å². The number of amides is 1. The van der Waals surface area contributed by atoms with Gasteiger partial charge in [-0.1, -0.05) is 12.1 Å². The van der Waals surface area contributed by atoms with Crippen LogP contribution in [-0.4, -0.2) is 57.4 Å². The Morgan fingerprint density at radius 2 is 1.74 bits per heavy atom. The molecule has 2 aromatic carbocycles. The zero-order chi connectivity index (χ0) is 24.9. The standard InChI is InChI=1S/C22H22F2N2O7S/c1-32-22(29)16-4-2-3-5-19(16)34(30,31)26-10-8-14(9-11-26)21(28)33-13-20(27)25-15-6-7-17(23)18(24)12-15/h2-7,12,14H,8-11,13H2,1H3,(H,25,27). The summed E-state index contributed by atoms with van der Waals surface area (Å²) in [6.45, 7) is -0.611. The van der Waals surface area contributed by atoms with E-state index in [1.807, 2.05) is 0 Å². The van der Waals surface area contributed by atoms with Gasteiger partial charge in [-0.3, -0.25) is 9.59 Å².